The molecule has 0 aliphatic heterocycles. The number of benzene rings is 3. The summed E-state index contributed by atoms with van der Waals surface area (Å²) in [4.78, 5) is 0. The average Bonchev–Trinajstić information content (AvgIpc) is 2.58. The molecule has 0 heterocycles. The van der Waals surface area contributed by atoms with E-state index >= 15 is 0 Å². The Hall–Kier alpha value is -2.94. The topological polar surface area (TPSA) is 38.7 Å². The van der Waals surface area contributed by atoms with E-state index in [2.05, 4.69) is 0 Å². The van der Waals surface area contributed by atoms with E-state index in [1.54, 1.807) is 6.07 Å². The molecule has 0 atom stereocenters. The minimum atomic E-state index is 0.228. The summed E-state index contributed by atoms with van der Waals surface area (Å²) in [6.07, 6.45) is 0. The highest BCUT2D eigenvalue weighted by Crippen LogP contribution is 2.27. The van der Waals surface area contributed by atoms with Gasteiger partial charge in [-0.2, -0.15) is 0 Å². The van der Waals surface area contributed by atoms with Crippen LogP contribution in [-0.2, 0) is 6.61 Å². The van der Waals surface area contributed by atoms with Crippen LogP contribution in [-0.4, -0.2) is 5.11 Å². The van der Waals surface area contributed by atoms with Crippen molar-refractivity contribution in [1.29, 1.82) is 0 Å². The molecule has 0 saturated heterocycles. The van der Waals surface area contributed by atoms with Crippen molar-refractivity contribution in [1.82, 2.24) is 0 Å². The molecule has 0 aromatic heterocycles. The predicted molar refractivity (Wildman–Crippen MR) is 94.9 cm³/mol. The summed E-state index contributed by atoms with van der Waals surface area (Å²) in [6.45, 7) is 4.37. The summed E-state index contributed by atoms with van der Waals surface area (Å²) in [6, 6.07) is 21.0. The highest BCUT2D eigenvalue weighted by Gasteiger charge is 2.03. The third kappa shape index (κ3) is 4.07. The zero-order valence-corrected chi connectivity index (χ0v) is 13.8. The van der Waals surface area contributed by atoms with Gasteiger partial charge in [-0.15, -0.1) is 0 Å². The molecule has 0 spiro atoms. The number of phenolic OH excluding ortho intramolecular Hbond substituents is 1. The van der Waals surface area contributed by atoms with E-state index in [-0.39, 0.29) is 5.75 Å². The Morgan fingerprint density at radius 3 is 2.25 bits per heavy atom. The molecule has 122 valence electrons. The molecule has 3 heteroatoms. The molecule has 1 N–H and O–H groups in total. The number of ether oxygens (including phenoxy) is 2. The average molecular weight is 320 g/mol. The molecule has 0 saturated carbocycles. The van der Waals surface area contributed by atoms with E-state index in [4.69, 9.17) is 9.47 Å². The fraction of sp³-hybridized carbons (Fsp3) is 0.143. The van der Waals surface area contributed by atoms with Gasteiger partial charge in [0.05, 0.1) is 0 Å². The van der Waals surface area contributed by atoms with Crippen LogP contribution in [0.1, 0.15) is 16.7 Å². The SMILES string of the molecule is Cc1ccc(OCc2cccc(Oc3ccc(C)c(O)c3)c2)cc1. The Balaban J connectivity index is 1.67. The zero-order chi connectivity index (χ0) is 16.9. The number of phenols is 1. The molecule has 0 bridgehead atoms. The van der Waals surface area contributed by atoms with Crippen molar-refractivity contribution >= 4 is 0 Å². The van der Waals surface area contributed by atoms with Gasteiger partial charge in [0.1, 0.15) is 29.6 Å². The van der Waals surface area contributed by atoms with Gasteiger partial charge in [0.2, 0.25) is 0 Å². The minimum absolute atomic E-state index is 0.228. The third-order valence-electron chi connectivity index (χ3n) is 3.74. The predicted octanol–water partition coefficient (Wildman–Crippen LogP) is 5.38. The van der Waals surface area contributed by atoms with Crippen molar-refractivity contribution in [3.8, 4) is 23.0 Å². The summed E-state index contributed by atoms with van der Waals surface area (Å²) >= 11 is 0. The normalized spacial score (nSPS) is 10.4. The molecule has 3 nitrogen and oxygen atoms in total. The van der Waals surface area contributed by atoms with Gasteiger partial charge in [0, 0.05) is 6.07 Å². The van der Waals surface area contributed by atoms with Crippen molar-refractivity contribution in [2.24, 2.45) is 0 Å². The summed E-state index contributed by atoms with van der Waals surface area (Å²) in [5, 5.41) is 9.76. The lowest BCUT2D eigenvalue weighted by atomic mass is 10.2. The van der Waals surface area contributed by atoms with Gasteiger partial charge in [-0.3, -0.25) is 0 Å². The molecule has 3 aromatic rings. The van der Waals surface area contributed by atoms with Crippen LogP contribution in [0.3, 0.4) is 0 Å². The molecule has 0 radical (unpaired) electrons. The van der Waals surface area contributed by atoms with Gasteiger partial charge in [-0.05, 0) is 55.3 Å². The summed E-state index contributed by atoms with van der Waals surface area (Å²) < 4.78 is 11.6. The van der Waals surface area contributed by atoms with Crippen LogP contribution in [0.5, 0.6) is 23.0 Å². The van der Waals surface area contributed by atoms with Crippen molar-refractivity contribution in [2.45, 2.75) is 20.5 Å². The molecule has 0 aliphatic rings. The number of aryl methyl sites for hydroxylation is 2. The maximum Gasteiger partial charge on any atom is 0.131 e. The Morgan fingerprint density at radius 1 is 0.792 bits per heavy atom. The van der Waals surface area contributed by atoms with Gasteiger partial charge in [-0.1, -0.05) is 35.9 Å². The number of aromatic hydroxyl groups is 1. The second-order valence-electron chi connectivity index (χ2n) is 5.80. The lowest BCUT2D eigenvalue weighted by Gasteiger charge is -2.10. The van der Waals surface area contributed by atoms with E-state index in [0.717, 1.165) is 16.9 Å². The van der Waals surface area contributed by atoms with Crippen LogP contribution in [0.2, 0.25) is 0 Å². The zero-order valence-electron chi connectivity index (χ0n) is 13.8. The van der Waals surface area contributed by atoms with Gasteiger partial charge >= 0.3 is 0 Å². The Morgan fingerprint density at radius 2 is 1.50 bits per heavy atom. The van der Waals surface area contributed by atoms with Crippen LogP contribution in [0.15, 0.2) is 66.7 Å². The maximum atomic E-state index is 9.76. The Kier molecular flexibility index (Phi) is 4.71. The first kappa shape index (κ1) is 15.9. The van der Waals surface area contributed by atoms with Gasteiger partial charge in [0.15, 0.2) is 0 Å². The molecule has 0 aliphatic carbocycles. The van der Waals surface area contributed by atoms with Crippen molar-refractivity contribution in [2.75, 3.05) is 0 Å². The largest absolute Gasteiger partial charge is 0.508 e. The monoisotopic (exact) mass is 320 g/mol. The Labute approximate surface area is 142 Å². The lowest BCUT2D eigenvalue weighted by Crippen LogP contribution is -1.96. The maximum absolute atomic E-state index is 9.76. The van der Waals surface area contributed by atoms with Gasteiger partial charge < -0.3 is 14.6 Å². The van der Waals surface area contributed by atoms with E-state index in [1.807, 2.05) is 74.5 Å². The first-order valence-corrected chi connectivity index (χ1v) is 7.86. The Bertz CT molecular complexity index is 823. The third-order valence-corrected chi connectivity index (χ3v) is 3.74. The van der Waals surface area contributed by atoms with Crippen LogP contribution < -0.4 is 9.47 Å². The number of hydrogen-bond donors (Lipinski definition) is 1. The van der Waals surface area contributed by atoms with E-state index < -0.39 is 0 Å². The molecular weight excluding hydrogens is 300 g/mol. The minimum Gasteiger partial charge on any atom is -0.508 e. The van der Waals surface area contributed by atoms with E-state index in [0.29, 0.717) is 18.1 Å². The summed E-state index contributed by atoms with van der Waals surface area (Å²) in [7, 11) is 0. The number of rotatable bonds is 5. The van der Waals surface area contributed by atoms with E-state index in [1.165, 1.54) is 5.56 Å². The fourth-order valence-electron chi connectivity index (χ4n) is 2.29. The van der Waals surface area contributed by atoms with Crippen LogP contribution in [0.25, 0.3) is 0 Å². The first-order valence-electron chi connectivity index (χ1n) is 7.86. The lowest BCUT2D eigenvalue weighted by molar-refractivity contribution is 0.305. The number of hydrogen-bond acceptors (Lipinski definition) is 3. The van der Waals surface area contributed by atoms with E-state index in [9.17, 15) is 5.11 Å². The standard InChI is InChI=1S/C21H20O3/c1-15-6-9-18(10-7-15)23-14-17-4-3-5-19(12-17)24-20-11-8-16(2)21(22)13-20/h3-13,22H,14H2,1-2H3. The molecular formula is C21H20O3. The second kappa shape index (κ2) is 7.09. The highest BCUT2D eigenvalue weighted by molar-refractivity contribution is 5.41. The highest BCUT2D eigenvalue weighted by atomic mass is 16.5. The summed E-state index contributed by atoms with van der Waals surface area (Å²) in [5.41, 5.74) is 3.05. The van der Waals surface area contributed by atoms with Crippen LogP contribution >= 0.6 is 0 Å². The quantitative estimate of drug-likeness (QED) is 0.686. The van der Waals surface area contributed by atoms with Crippen molar-refractivity contribution in [3.05, 3.63) is 83.4 Å². The molecule has 0 fully saturated rings. The first-order chi connectivity index (χ1) is 11.6. The van der Waals surface area contributed by atoms with Crippen molar-refractivity contribution in [3.63, 3.8) is 0 Å². The molecule has 0 amide bonds. The molecule has 3 rings (SSSR count). The molecule has 24 heavy (non-hydrogen) atoms. The van der Waals surface area contributed by atoms with Crippen LogP contribution in [0, 0.1) is 13.8 Å². The van der Waals surface area contributed by atoms with Gasteiger partial charge in [0.25, 0.3) is 0 Å². The van der Waals surface area contributed by atoms with Crippen LogP contribution in [0.4, 0.5) is 0 Å². The molecule has 0 unspecified atom stereocenters. The van der Waals surface area contributed by atoms with Gasteiger partial charge in [-0.25, -0.2) is 0 Å². The second-order valence-corrected chi connectivity index (χ2v) is 5.80. The summed E-state index contributed by atoms with van der Waals surface area (Å²) in [5.74, 6) is 2.39. The molecule has 3 aromatic carbocycles. The van der Waals surface area contributed by atoms with Crippen molar-refractivity contribution < 1.29 is 14.6 Å². The fourth-order valence-corrected chi connectivity index (χ4v) is 2.29. The smallest absolute Gasteiger partial charge is 0.131 e.